The summed E-state index contributed by atoms with van der Waals surface area (Å²) in [5.74, 6) is -2.63. The molecule has 1 heterocycles. The van der Waals surface area contributed by atoms with Gasteiger partial charge in [-0.25, -0.2) is 13.2 Å². The zero-order valence-electron chi connectivity index (χ0n) is 21.8. The zero-order chi connectivity index (χ0) is 28.0. The second-order valence-electron chi connectivity index (χ2n) is 10.0. The minimum Gasteiger partial charge on any atom is -0.508 e. The van der Waals surface area contributed by atoms with Gasteiger partial charge in [-0.2, -0.15) is 4.72 Å². The number of phenols is 1. The molecule has 4 N–H and O–H groups in total. The van der Waals surface area contributed by atoms with Gasteiger partial charge in [0, 0.05) is 25.4 Å². The summed E-state index contributed by atoms with van der Waals surface area (Å²) >= 11 is 0. The predicted octanol–water partition coefficient (Wildman–Crippen LogP) is 2.05. The molecule has 10 nitrogen and oxygen atoms in total. The molecule has 38 heavy (non-hydrogen) atoms. The van der Waals surface area contributed by atoms with Crippen LogP contribution < -0.4 is 10.0 Å². The Kier molecular flexibility index (Phi) is 9.50. The maximum Gasteiger partial charge on any atom is 0.326 e. The van der Waals surface area contributed by atoms with Crippen molar-refractivity contribution in [3.05, 3.63) is 59.7 Å². The van der Waals surface area contributed by atoms with Crippen LogP contribution in [-0.4, -0.2) is 66.5 Å². The molecule has 1 aliphatic heterocycles. The number of benzene rings is 2. The van der Waals surface area contributed by atoms with Gasteiger partial charge in [0.2, 0.25) is 21.8 Å². The van der Waals surface area contributed by atoms with Crippen molar-refractivity contribution in [3.63, 3.8) is 0 Å². The molecule has 0 radical (unpaired) electrons. The molecule has 1 aliphatic rings. The summed E-state index contributed by atoms with van der Waals surface area (Å²) in [5, 5.41) is 21.6. The number of aliphatic carboxylic acids is 1. The first kappa shape index (κ1) is 29.1. The highest BCUT2D eigenvalue weighted by atomic mass is 32.2. The lowest BCUT2D eigenvalue weighted by atomic mass is 9.93. The molecule has 2 aromatic rings. The molecule has 0 aliphatic carbocycles. The molecule has 2 unspecified atom stereocenters. The monoisotopic (exact) mass is 545 g/mol. The minimum atomic E-state index is -3.91. The number of rotatable bonds is 10. The summed E-state index contributed by atoms with van der Waals surface area (Å²) in [7, 11) is -3.91. The Hall–Kier alpha value is -3.44. The lowest BCUT2D eigenvalue weighted by Crippen LogP contribution is -2.54. The third-order valence-corrected chi connectivity index (χ3v) is 8.17. The van der Waals surface area contributed by atoms with Gasteiger partial charge in [-0.05, 0) is 55.5 Å². The largest absolute Gasteiger partial charge is 0.508 e. The first-order valence-corrected chi connectivity index (χ1v) is 14.0. The second kappa shape index (κ2) is 12.4. The molecule has 2 aromatic carbocycles. The molecule has 206 valence electrons. The molecule has 0 aromatic heterocycles. The number of piperidine rings is 1. The van der Waals surface area contributed by atoms with E-state index in [0.717, 1.165) is 5.56 Å². The van der Waals surface area contributed by atoms with Crippen LogP contribution in [0.15, 0.2) is 53.4 Å². The number of phenolic OH excluding ortho intramolecular Hbond substituents is 1. The Balaban J connectivity index is 1.59. The molecular weight excluding hydrogens is 510 g/mol. The number of nitrogens with zero attached hydrogens (tertiary/aromatic N) is 1. The van der Waals surface area contributed by atoms with Crippen molar-refractivity contribution < 1.29 is 33.0 Å². The number of carbonyl (C=O) groups is 3. The van der Waals surface area contributed by atoms with Crippen molar-refractivity contribution >= 4 is 27.8 Å². The van der Waals surface area contributed by atoms with Crippen LogP contribution in [0.25, 0.3) is 0 Å². The summed E-state index contributed by atoms with van der Waals surface area (Å²) in [4.78, 5) is 39.5. The van der Waals surface area contributed by atoms with E-state index in [-0.39, 0.29) is 42.0 Å². The molecule has 1 fully saturated rings. The van der Waals surface area contributed by atoms with Gasteiger partial charge in [0.1, 0.15) is 17.8 Å². The van der Waals surface area contributed by atoms with Crippen LogP contribution in [0, 0.1) is 18.8 Å². The third kappa shape index (κ3) is 7.55. The highest BCUT2D eigenvalue weighted by molar-refractivity contribution is 7.89. The Labute approximate surface area is 223 Å². The average Bonchev–Trinajstić information content (AvgIpc) is 2.88. The van der Waals surface area contributed by atoms with E-state index in [4.69, 9.17) is 0 Å². The van der Waals surface area contributed by atoms with Crippen LogP contribution in [-0.2, 0) is 30.8 Å². The number of nitrogens with one attached hydrogen (secondary N) is 2. The van der Waals surface area contributed by atoms with E-state index >= 15 is 0 Å². The third-order valence-electron chi connectivity index (χ3n) is 6.71. The van der Waals surface area contributed by atoms with Crippen LogP contribution >= 0.6 is 0 Å². The number of carboxylic acids is 1. The van der Waals surface area contributed by atoms with Crippen molar-refractivity contribution in [2.75, 3.05) is 13.1 Å². The van der Waals surface area contributed by atoms with Crippen LogP contribution in [0.3, 0.4) is 0 Å². The summed E-state index contributed by atoms with van der Waals surface area (Å²) < 4.78 is 28.3. The molecule has 0 saturated carbocycles. The van der Waals surface area contributed by atoms with Crippen LogP contribution in [0.1, 0.15) is 37.8 Å². The molecular formula is C27H35N3O7S. The maximum absolute atomic E-state index is 13.3. The maximum atomic E-state index is 13.3. The number of amides is 2. The fourth-order valence-electron chi connectivity index (χ4n) is 4.34. The highest BCUT2D eigenvalue weighted by Crippen LogP contribution is 2.21. The summed E-state index contributed by atoms with van der Waals surface area (Å²) in [6.07, 6.45) is 0.729. The SMILES string of the molecule is Cc1ccc(S(=O)(=O)NC(C(=O)N2CCC(C(=O)NC(Cc3ccc(O)cc3)C(=O)O)CC2)C(C)C)cc1. The summed E-state index contributed by atoms with van der Waals surface area (Å²) in [5.41, 5.74) is 1.58. The number of carboxylic acid groups (broad SMARTS) is 1. The molecule has 0 spiro atoms. The smallest absolute Gasteiger partial charge is 0.326 e. The minimum absolute atomic E-state index is 0.0635. The van der Waals surface area contributed by atoms with E-state index in [9.17, 15) is 33.0 Å². The van der Waals surface area contributed by atoms with E-state index < -0.39 is 39.9 Å². The Morgan fingerprint density at radius 1 is 1.00 bits per heavy atom. The van der Waals surface area contributed by atoms with Gasteiger partial charge in [0.15, 0.2) is 0 Å². The van der Waals surface area contributed by atoms with Gasteiger partial charge in [-0.15, -0.1) is 0 Å². The fourth-order valence-corrected chi connectivity index (χ4v) is 5.68. The number of sulfonamides is 1. The number of aromatic hydroxyl groups is 1. The van der Waals surface area contributed by atoms with Crippen molar-refractivity contribution in [2.24, 2.45) is 11.8 Å². The van der Waals surface area contributed by atoms with Crippen molar-refractivity contribution in [3.8, 4) is 5.75 Å². The number of aryl methyl sites for hydroxylation is 1. The van der Waals surface area contributed by atoms with Gasteiger partial charge in [-0.1, -0.05) is 43.7 Å². The fraction of sp³-hybridized carbons (Fsp3) is 0.444. The van der Waals surface area contributed by atoms with Crippen molar-refractivity contribution in [1.29, 1.82) is 0 Å². The van der Waals surface area contributed by atoms with Gasteiger partial charge >= 0.3 is 5.97 Å². The Bertz CT molecular complexity index is 1240. The normalized spacial score (nSPS) is 16.2. The number of carbonyl (C=O) groups excluding carboxylic acids is 2. The van der Waals surface area contributed by atoms with E-state index in [1.54, 1.807) is 43.0 Å². The number of likely N-dealkylation sites (tertiary alicyclic amines) is 1. The lowest BCUT2D eigenvalue weighted by Gasteiger charge is -2.35. The molecule has 2 atom stereocenters. The second-order valence-corrected chi connectivity index (χ2v) is 11.7. The van der Waals surface area contributed by atoms with Crippen LogP contribution in [0.2, 0.25) is 0 Å². The topological polar surface area (TPSA) is 153 Å². The Morgan fingerprint density at radius 2 is 1.58 bits per heavy atom. The van der Waals surface area contributed by atoms with Gasteiger partial charge in [0.25, 0.3) is 0 Å². The van der Waals surface area contributed by atoms with E-state index in [1.165, 1.54) is 24.3 Å². The molecule has 0 bridgehead atoms. The molecule has 2 amide bonds. The quantitative estimate of drug-likeness (QED) is 0.356. The molecule has 11 heteroatoms. The first-order valence-electron chi connectivity index (χ1n) is 12.6. The molecule has 3 rings (SSSR count). The standard InChI is InChI=1S/C27H35N3O7S/c1-17(2)24(29-38(36,37)22-10-4-18(3)5-11-22)26(33)30-14-12-20(13-15-30)25(32)28-23(27(34)35)16-19-6-8-21(31)9-7-19/h4-11,17,20,23-24,29,31H,12-16H2,1-3H3,(H,28,32)(H,34,35). The van der Waals surface area contributed by atoms with E-state index in [2.05, 4.69) is 10.0 Å². The van der Waals surface area contributed by atoms with Gasteiger partial charge in [0.05, 0.1) is 4.90 Å². The van der Waals surface area contributed by atoms with Gasteiger partial charge in [-0.3, -0.25) is 9.59 Å². The predicted molar refractivity (Wildman–Crippen MR) is 141 cm³/mol. The van der Waals surface area contributed by atoms with E-state index in [0.29, 0.717) is 18.4 Å². The van der Waals surface area contributed by atoms with Crippen molar-refractivity contribution in [1.82, 2.24) is 14.9 Å². The average molecular weight is 546 g/mol. The van der Waals surface area contributed by atoms with Gasteiger partial charge < -0.3 is 20.4 Å². The summed E-state index contributed by atoms with van der Waals surface area (Å²) in [6.45, 7) is 5.89. The van der Waals surface area contributed by atoms with Crippen molar-refractivity contribution in [2.45, 2.75) is 57.0 Å². The Morgan fingerprint density at radius 3 is 2.11 bits per heavy atom. The van der Waals surface area contributed by atoms with Crippen LogP contribution in [0.4, 0.5) is 0 Å². The van der Waals surface area contributed by atoms with Crippen LogP contribution in [0.5, 0.6) is 5.75 Å². The number of hydrogen-bond acceptors (Lipinski definition) is 6. The summed E-state index contributed by atoms with van der Waals surface area (Å²) in [6, 6.07) is 10.4. The molecule has 1 saturated heterocycles. The number of hydrogen-bond donors (Lipinski definition) is 4. The van der Waals surface area contributed by atoms with E-state index in [1.807, 2.05) is 6.92 Å². The highest BCUT2D eigenvalue weighted by Gasteiger charge is 2.35. The first-order chi connectivity index (χ1) is 17.9. The zero-order valence-corrected chi connectivity index (χ0v) is 22.6. The lowest BCUT2D eigenvalue weighted by molar-refractivity contribution is -0.143.